The molecule has 0 saturated carbocycles. The molecule has 0 spiro atoms. The van der Waals surface area contributed by atoms with Crippen LogP contribution < -0.4 is 9.47 Å². The topological polar surface area (TPSA) is 55.8 Å². The molecular formula is C24H31NO4S. The van der Waals surface area contributed by atoms with Gasteiger partial charge in [-0.1, -0.05) is 42.0 Å². The number of aryl methyl sites for hydroxylation is 1. The summed E-state index contributed by atoms with van der Waals surface area (Å²) in [5, 5.41) is 0. The highest BCUT2D eigenvalue weighted by Crippen LogP contribution is 2.36. The standard InChI is InChI=1S/C24H31NO4S/c1-7-9-22-20(12-15-23(28-6)24(22)29-18(3)4)17-25(16-8-2)30(26,27)21-13-10-19(5)11-14-21/h7-16,18H,17H2,1-6H3/b9-7+,16-8+. The fourth-order valence-electron chi connectivity index (χ4n) is 3.02. The minimum atomic E-state index is -3.71. The highest BCUT2D eigenvalue weighted by molar-refractivity contribution is 7.89. The molecule has 0 aromatic heterocycles. The molecule has 0 radical (unpaired) electrons. The van der Waals surface area contributed by atoms with Gasteiger partial charge in [0.05, 0.1) is 24.7 Å². The molecule has 5 nitrogen and oxygen atoms in total. The van der Waals surface area contributed by atoms with Gasteiger partial charge in [0.15, 0.2) is 11.5 Å². The first-order valence-corrected chi connectivity index (χ1v) is 11.4. The van der Waals surface area contributed by atoms with Gasteiger partial charge in [-0.15, -0.1) is 0 Å². The van der Waals surface area contributed by atoms with Crippen LogP contribution in [0.15, 0.2) is 59.6 Å². The molecule has 0 bridgehead atoms. The van der Waals surface area contributed by atoms with E-state index in [0.29, 0.717) is 11.5 Å². The van der Waals surface area contributed by atoms with Crippen LogP contribution in [0.2, 0.25) is 0 Å². The zero-order valence-corrected chi connectivity index (χ0v) is 19.4. The highest BCUT2D eigenvalue weighted by Gasteiger charge is 2.24. The zero-order valence-electron chi connectivity index (χ0n) is 18.5. The Morgan fingerprint density at radius 3 is 2.23 bits per heavy atom. The van der Waals surface area contributed by atoms with Crippen molar-refractivity contribution in [2.45, 2.75) is 52.2 Å². The fraction of sp³-hybridized carbons (Fsp3) is 0.333. The summed E-state index contributed by atoms with van der Waals surface area (Å²) in [5.41, 5.74) is 2.63. The molecule has 2 aromatic rings. The number of allylic oxidation sites excluding steroid dienone is 2. The summed E-state index contributed by atoms with van der Waals surface area (Å²) in [6.45, 7) is 9.69. The number of hydrogen-bond donors (Lipinski definition) is 0. The first-order valence-electron chi connectivity index (χ1n) is 9.95. The Hall–Kier alpha value is -2.73. The molecule has 0 saturated heterocycles. The minimum Gasteiger partial charge on any atom is -0.493 e. The van der Waals surface area contributed by atoms with Gasteiger partial charge in [-0.05, 0) is 58.4 Å². The van der Waals surface area contributed by atoms with Crippen molar-refractivity contribution in [3.63, 3.8) is 0 Å². The lowest BCUT2D eigenvalue weighted by Gasteiger charge is -2.24. The monoisotopic (exact) mass is 429 g/mol. The molecule has 6 heteroatoms. The summed E-state index contributed by atoms with van der Waals surface area (Å²) in [7, 11) is -2.12. The Labute approximate surface area is 180 Å². The van der Waals surface area contributed by atoms with Crippen LogP contribution >= 0.6 is 0 Å². The van der Waals surface area contributed by atoms with Crippen LogP contribution in [0.25, 0.3) is 6.08 Å². The molecule has 0 fully saturated rings. The maximum absolute atomic E-state index is 13.3. The molecule has 30 heavy (non-hydrogen) atoms. The van der Waals surface area contributed by atoms with Crippen molar-refractivity contribution in [2.24, 2.45) is 0 Å². The van der Waals surface area contributed by atoms with Gasteiger partial charge in [0, 0.05) is 11.8 Å². The summed E-state index contributed by atoms with van der Waals surface area (Å²) in [6.07, 6.45) is 7.07. The first kappa shape index (κ1) is 23.5. The second-order valence-corrected chi connectivity index (χ2v) is 9.07. The lowest BCUT2D eigenvalue weighted by molar-refractivity contribution is 0.229. The minimum absolute atomic E-state index is 0.0545. The van der Waals surface area contributed by atoms with Crippen LogP contribution in [-0.4, -0.2) is 25.9 Å². The summed E-state index contributed by atoms with van der Waals surface area (Å²) >= 11 is 0. The molecule has 2 rings (SSSR count). The second-order valence-electron chi connectivity index (χ2n) is 7.18. The van der Waals surface area contributed by atoms with E-state index in [9.17, 15) is 8.42 Å². The van der Waals surface area contributed by atoms with Crippen molar-refractivity contribution in [3.8, 4) is 11.5 Å². The molecule has 0 unspecified atom stereocenters. The van der Waals surface area contributed by atoms with E-state index in [-0.39, 0.29) is 17.5 Å². The Kier molecular flexibility index (Phi) is 8.12. The van der Waals surface area contributed by atoms with Crippen molar-refractivity contribution in [2.75, 3.05) is 7.11 Å². The van der Waals surface area contributed by atoms with Crippen LogP contribution in [0.5, 0.6) is 11.5 Å². The van der Waals surface area contributed by atoms with Gasteiger partial charge in [0.25, 0.3) is 10.0 Å². The summed E-state index contributed by atoms with van der Waals surface area (Å²) in [6, 6.07) is 10.6. The smallest absolute Gasteiger partial charge is 0.264 e. The summed E-state index contributed by atoms with van der Waals surface area (Å²) in [4.78, 5) is 0.256. The van der Waals surface area contributed by atoms with Crippen LogP contribution in [-0.2, 0) is 16.6 Å². The molecule has 0 atom stereocenters. The molecule has 0 heterocycles. The van der Waals surface area contributed by atoms with E-state index in [0.717, 1.165) is 16.7 Å². The van der Waals surface area contributed by atoms with Crippen molar-refractivity contribution in [1.82, 2.24) is 4.31 Å². The Balaban J connectivity index is 2.57. The van der Waals surface area contributed by atoms with E-state index in [2.05, 4.69) is 0 Å². The predicted octanol–water partition coefficient (Wildman–Crippen LogP) is 5.55. The summed E-state index contributed by atoms with van der Waals surface area (Å²) < 4.78 is 39.4. The van der Waals surface area contributed by atoms with E-state index in [1.165, 1.54) is 4.31 Å². The molecule has 0 amide bonds. The van der Waals surface area contributed by atoms with Gasteiger partial charge in [-0.2, -0.15) is 0 Å². The Bertz CT molecular complexity index is 1010. The normalized spacial score (nSPS) is 12.1. The third kappa shape index (κ3) is 5.45. The average molecular weight is 430 g/mol. The number of methoxy groups -OCH3 is 1. The van der Waals surface area contributed by atoms with Crippen LogP contribution in [0.1, 0.15) is 44.4 Å². The van der Waals surface area contributed by atoms with Gasteiger partial charge in [-0.3, -0.25) is 4.31 Å². The SMILES string of the molecule is C/C=C/c1c(CN(/C=C/C)S(=O)(=O)c2ccc(C)cc2)ccc(OC)c1OC(C)C. The molecule has 162 valence electrons. The molecule has 0 aliphatic heterocycles. The van der Waals surface area contributed by atoms with Crippen molar-refractivity contribution < 1.29 is 17.9 Å². The number of hydrogen-bond acceptors (Lipinski definition) is 4. The molecule has 2 aromatic carbocycles. The largest absolute Gasteiger partial charge is 0.493 e. The van der Waals surface area contributed by atoms with Crippen molar-refractivity contribution in [1.29, 1.82) is 0 Å². The molecule has 0 aliphatic rings. The highest BCUT2D eigenvalue weighted by atomic mass is 32.2. The Morgan fingerprint density at radius 1 is 1.03 bits per heavy atom. The van der Waals surface area contributed by atoms with E-state index in [1.54, 1.807) is 50.6 Å². The lowest BCUT2D eigenvalue weighted by Crippen LogP contribution is -2.26. The maximum atomic E-state index is 13.3. The van der Waals surface area contributed by atoms with E-state index < -0.39 is 10.0 Å². The second kappa shape index (κ2) is 10.3. The van der Waals surface area contributed by atoms with Crippen LogP contribution in [0, 0.1) is 6.92 Å². The van der Waals surface area contributed by atoms with Gasteiger partial charge in [0.2, 0.25) is 0 Å². The quantitative estimate of drug-likeness (QED) is 0.524. The number of benzene rings is 2. The number of sulfonamides is 1. The van der Waals surface area contributed by atoms with E-state index in [1.807, 2.05) is 52.0 Å². The predicted molar refractivity (Wildman–Crippen MR) is 122 cm³/mol. The van der Waals surface area contributed by atoms with Crippen molar-refractivity contribution in [3.05, 3.63) is 71.4 Å². The molecule has 0 aliphatic carbocycles. The lowest BCUT2D eigenvalue weighted by atomic mass is 10.0. The Morgan fingerprint density at radius 2 is 1.70 bits per heavy atom. The molecule has 0 N–H and O–H groups in total. The fourth-order valence-corrected chi connectivity index (χ4v) is 4.36. The van der Waals surface area contributed by atoms with Gasteiger partial charge in [-0.25, -0.2) is 8.42 Å². The van der Waals surface area contributed by atoms with E-state index >= 15 is 0 Å². The number of nitrogens with zero attached hydrogens (tertiary/aromatic N) is 1. The zero-order chi connectivity index (χ0) is 22.3. The maximum Gasteiger partial charge on any atom is 0.264 e. The van der Waals surface area contributed by atoms with E-state index in [4.69, 9.17) is 9.47 Å². The van der Waals surface area contributed by atoms with Crippen LogP contribution in [0.3, 0.4) is 0 Å². The molecular weight excluding hydrogens is 398 g/mol. The first-order chi connectivity index (χ1) is 14.2. The number of rotatable bonds is 9. The van der Waals surface area contributed by atoms with Gasteiger partial charge in [0.1, 0.15) is 0 Å². The van der Waals surface area contributed by atoms with Gasteiger partial charge < -0.3 is 9.47 Å². The summed E-state index contributed by atoms with van der Waals surface area (Å²) in [5.74, 6) is 1.22. The third-order valence-electron chi connectivity index (χ3n) is 4.43. The van der Waals surface area contributed by atoms with Gasteiger partial charge >= 0.3 is 0 Å². The number of ether oxygens (including phenoxy) is 2. The average Bonchev–Trinajstić information content (AvgIpc) is 2.70. The van der Waals surface area contributed by atoms with Crippen molar-refractivity contribution >= 4 is 16.1 Å². The third-order valence-corrected chi connectivity index (χ3v) is 6.16. The van der Waals surface area contributed by atoms with Crippen LogP contribution in [0.4, 0.5) is 0 Å².